The van der Waals surface area contributed by atoms with Crippen molar-refractivity contribution < 1.29 is 9.53 Å². The number of pyridine rings is 1. The number of nitrogens with two attached hydrogens (primary N) is 1. The van der Waals surface area contributed by atoms with Crippen molar-refractivity contribution in [3.63, 3.8) is 0 Å². The Hall–Kier alpha value is -4.62. The number of fused-ring (bicyclic) bond motifs is 2. The fourth-order valence-electron chi connectivity index (χ4n) is 4.60. The highest BCUT2D eigenvalue weighted by Crippen LogP contribution is 2.36. The van der Waals surface area contributed by atoms with Crippen LogP contribution in [0.5, 0.6) is 5.75 Å². The number of benzene rings is 2. The van der Waals surface area contributed by atoms with Gasteiger partial charge in [-0.05, 0) is 60.0 Å². The van der Waals surface area contributed by atoms with E-state index in [2.05, 4.69) is 32.4 Å². The summed E-state index contributed by atoms with van der Waals surface area (Å²) in [6, 6.07) is 19.7. The zero-order valence-corrected chi connectivity index (χ0v) is 19.5. The molecule has 178 valence electrons. The molecule has 5 aromatic rings. The summed E-state index contributed by atoms with van der Waals surface area (Å²) >= 11 is 0. The Balaban J connectivity index is 1.18. The average molecular weight is 476 g/mol. The maximum atomic E-state index is 12.6. The average Bonchev–Trinajstić information content (AvgIpc) is 3.63. The van der Waals surface area contributed by atoms with Gasteiger partial charge in [-0.3, -0.25) is 9.78 Å². The molecule has 1 aliphatic rings. The van der Waals surface area contributed by atoms with Crippen molar-refractivity contribution >= 4 is 34.1 Å². The molecule has 1 atom stereocenters. The quantitative estimate of drug-likeness (QED) is 0.248. The van der Waals surface area contributed by atoms with Crippen LogP contribution in [0.2, 0.25) is 0 Å². The van der Waals surface area contributed by atoms with Gasteiger partial charge < -0.3 is 25.8 Å². The van der Waals surface area contributed by atoms with Crippen molar-refractivity contribution in [3.8, 4) is 16.9 Å². The first-order valence-electron chi connectivity index (χ1n) is 11.8. The van der Waals surface area contributed by atoms with Gasteiger partial charge in [-0.15, -0.1) is 0 Å². The molecule has 7 heteroatoms. The number of carbonyl (C=O) groups excluding carboxylic acids is 1. The number of nitrogens with one attached hydrogen (secondary N) is 3. The number of aromatic nitrogens is 3. The molecular weight excluding hydrogens is 450 g/mol. The Morgan fingerprint density at radius 1 is 1.00 bits per heavy atom. The lowest BCUT2D eigenvalue weighted by Crippen LogP contribution is -2.30. The van der Waals surface area contributed by atoms with Crippen molar-refractivity contribution in [2.75, 3.05) is 11.9 Å². The van der Waals surface area contributed by atoms with Gasteiger partial charge in [0, 0.05) is 58.0 Å². The summed E-state index contributed by atoms with van der Waals surface area (Å²) in [4.78, 5) is 23.3. The maximum Gasteiger partial charge on any atom is 0.256 e. The van der Waals surface area contributed by atoms with Gasteiger partial charge in [0.1, 0.15) is 12.4 Å². The summed E-state index contributed by atoms with van der Waals surface area (Å²) in [7, 11) is 0. The number of hydrogen-bond acceptors (Lipinski definition) is 4. The van der Waals surface area contributed by atoms with Crippen molar-refractivity contribution in [2.45, 2.75) is 12.5 Å². The largest absolute Gasteiger partial charge is 0.490 e. The minimum absolute atomic E-state index is 0.115. The molecule has 0 saturated heterocycles. The topological polar surface area (TPSA) is 109 Å². The van der Waals surface area contributed by atoms with Gasteiger partial charge in [0.05, 0.1) is 11.8 Å². The number of anilines is 1. The fourth-order valence-corrected chi connectivity index (χ4v) is 4.60. The van der Waals surface area contributed by atoms with Crippen molar-refractivity contribution in [3.05, 3.63) is 102 Å². The maximum absolute atomic E-state index is 12.6. The highest BCUT2D eigenvalue weighted by atomic mass is 16.5. The van der Waals surface area contributed by atoms with Crippen molar-refractivity contribution in [2.24, 2.45) is 5.73 Å². The predicted molar refractivity (Wildman–Crippen MR) is 142 cm³/mol. The Morgan fingerprint density at radius 2 is 1.92 bits per heavy atom. The molecule has 2 aromatic carbocycles. The summed E-state index contributed by atoms with van der Waals surface area (Å²) in [5.74, 6) is 0.537. The number of para-hydroxylation sites is 1. The van der Waals surface area contributed by atoms with Crippen LogP contribution in [-0.2, 0) is 11.2 Å². The zero-order chi connectivity index (χ0) is 24.5. The van der Waals surface area contributed by atoms with Crippen LogP contribution in [0.15, 0.2) is 85.5 Å². The highest BCUT2D eigenvalue weighted by Gasteiger charge is 2.24. The van der Waals surface area contributed by atoms with E-state index in [1.54, 1.807) is 12.4 Å². The number of rotatable bonds is 7. The molecule has 7 nitrogen and oxygen atoms in total. The molecule has 1 aliphatic heterocycles. The minimum atomic E-state index is -0.161. The van der Waals surface area contributed by atoms with E-state index in [0.29, 0.717) is 24.4 Å². The third-order valence-corrected chi connectivity index (χ3v) is 6.39. The van der Waals surface area contributed by atoms with E-state index < -0.39 is 0 Å². The van der Waals surface area contributed by atoms with Gasteiger partial charge in [-0.1, -0.05) is 24.3 Å². The highest BCUT2D eigenvalue weighted by molar-refractivity contribution is 6.35. The zero-order valence-electron chi connectivity index (χ0n) is 19.5. The smallest absolute Gasteiger partial charge is 0.256 e. The first-order valence-corrected chi connectivity index (χ1v) is 11.8. The number of H-pyrrole nitrogens is 2. The summed E-state index contributed by atoms with van der Waals surface area (Å²) < 4.78 is 6.01. The fraction of sp³-hybridized carbons (Fsp3) is 0.103. The SMILES string of the molecule is N[C@H](COc1cncc(-c2ccc3c(c2)C(=Cc2ccc[nH]2)C(=O)N3)c1)Cc1c[nH]c2ccccc12. The Bertz CT molecular complexity index is 1580. The molecule has 0 saturated carbocycles. The molecule has 1 amide bonds. The van der Waals surface area contributed by atoms with Crippen LogP contribution >= 0.6 is 0 Å². The number of aromatic amines is 2. The molecule has 5 N–H and O–H groups in total. The van der Waals surface area contributed by atoms with Crippen LogP contribution in [-0.4, -0.2) is 33.5 Å². The van der Waals surface area contributed by atoms with Gasteiger partial charge in [-0.2, -0.15) is 0 Å². The Kier molecular flexibility index (Phi) is 5.59. The Morgan fingerprint density at radius 3 is 2.81 bits per heavy atom. The second kappa shape index (κ2) is 9.20. The van der Waals surface area contributed by atoms with Crippen LogP contribution in [0.1, 0.15) is 16.8 Å². The van der Waals surface area contributed by atoms with Crippen molar-refractivity contribution in [1.29, 1.82) is 0 Å². The van der Waals surface area contributed by atoms with E-state index in [-0.39, 0.29) is 11.9 Å². The molecule has 0 bridgehead atoms. The molecule has 0 spiro atoms. The lowest BCUT2D eigenvalue weighted by atomic mass is 10.00. The summed E-state index contributed by atoms with van der Waals surface area (Å²) in [5.41, 5.74) is 13.7. The second-order valence-corrected chi connectivity index (χ2v) is 8.94. The molecule has 0 unspecified atom stereocenters. The van der Waals surface area contributed by atoms with E-state index in [9.17, 15) is 4.79 Å². The summed E-state index contributed by atoms with van der Waals surface area (Å²) in [5, 5.41) is 4.12. The van der Waals surface area contributed by atoms with E-state index in [0.717, 1.165) is 33.6 Å². The molecule has 0 fully saturated rings. The second-order valence-electron chi connectivity index (χ2n) is 8.94. The van der Waals surface area contributed by atoms with Gasteiger partial charge in [-0.25, -0.2) is 0 Å². The first kappa shape index (κ1) is 21.9. The normalized spacial score (nSPS) is 14.7. The van der Waals surface area contributed by atoms with E-state index in [4.69, 9.17) is 10.5 Å². The third-order valence-electron chi connectivity index (χ3n) is 6.39. The molecular formula is C29H25N5O2. The molecule has 6 rings (SSSR count). The molecule has 3 aromatic heterocycles. The summed E-state index contributed by atoms with van der Waals surface area (Å²) in [6.45, 7) is 0.371. The monoisotopic (exact) mass is 475 g/mol. The van der Waals surface area contributed by atoms with Crippen LogP contribution < -0.4 is 15.8 Å². The molecule has 0 aliphatic carbocycles. The number of carbonyl (C=O) groups is 1. The van der Waals surface area contributed by atoms with Gasteiger partial charge in [0.25, 0.3) is 5.91 Å². The van der Waals surface area contributed by atoms with Gasteiger partial charge >= 0.3 is 0 Å². The standard InChI is InChI=1S/C29H25N5O2/c30-21(10-20-15-33-27-6-2-1-5-24(20)27)17-36-23-11-19(14-31-16-23)18-7-8-28-25(12-18)26(29(35)34-28)13-22-4-3-9-32-22/h1-9,11-16,21,32-33H,10,17,30H2,(H,34,35)/t21-/m0/s1. The van der Waals surface area contributed by atoms with Crippen molar-refractivity contribution in [1.82, 2.24) is 15.0 Å². The molecule has 0 radical (unpaired) electrons. The van der Waals surface area contributed by atoms with Crippen LogP contribution in [0.25, 0.3) is 33.7 Å². The van der Waals surface area contributed by atoms with E-state index in [1.807, 2.05) is 67.0 Å². The molecule has 4 heterocycles. The summed E-state index contributed by atoms with van der Waals surface area (Å²) in [6.07, 6.45) is 9.89. The van der Waals surface area contributed by atoms with E-state index in [1.165, 1.54) is 10.9 Å². The predicted octanol–water partition coefficient (Wildman–Crippen LogP) is 5.00. The van der Waals surface area contributed by atoms with Crippen LogP contribution in [0.3, 0.4) is 0 Å². The van der Waals surface area contributed by atoms with E-state index >= 15 is 0 Å². The van der Waals surface area contributed by atoms with Gasteiger partial charge in [0.2, 0.25) is 0 Å². The minimum Gasteiger partial charge on any atom is -0.490 e. The number of amides is 1. The first-order chi connectivity index (χ1) is 17.6. The third kappa shape index (κ3) is 4.28. The number of ether oxygens (including phenoxy) is 1. The molecule has 36 heavy (non-hydrogen) atoms. The Labute approximate surface area is 208 Å². The van der Waals surface area contributed by atoms with Crippen LogP contribution in [0, 0.1) is 0 Å². The number of hydrogen-bond donors (Lipinski definition) is 4. The lowest BCUT2D eigenvalue weighted by Gasteiger charge is -2.13. The van der Waals surface area contributed by atoms with Gasteiger partial charge in [0.15, 0.2) is 0 Å². The number of nitrogens with zero attached hydrogens (tertiary/aromatic N) is 1. The van der Waals surface area contributed by atoms with Crippen LogP contribution in [0.4, 0.5) is 5.69 Å². The lowest BCUT2D eigenvalue weighted by molar-refractivity contribution is -0.110.